The zero-order valence-corrected chi connectivity index (χ0v) is 12.5. The molecule has 0 aliphatic carbocycles. The van der Waals surface area contributed by atoms with Crippen molar-refractivity contribution in [2.45, 2.75) is 0 Å². The molecule has 0 saturated carbocycles. The van der Waals surface area contributed by atoms with E-state index in [4.69, 9.17) is 23.2 Å². The number of anilines is 2. The molecule has 1 aromatic heterocycles. The monoisotopic (exact) mass is 336 g/mol. The smallest absolute Gasteiger partial charge is 0.308 e. The Balaban J connectivity index is 1.74. The van der Waals surface area contributed by atoms with Crippen molar-refractivity contribution in [3.63, 3.8) is 0 Å². The summed E-state index contributed by atoms with van der Waals surface area (Å²) >= 11 is 11.7. The minimum Gasteiger partial charge on any atom is -0.308 e. The van der Waals surface area contributed by atoms with Crippen LogP contribution in [0.1, 0.15) is 0 Å². The lowest BCUT2D eigenvalue weighted by molar-refractivity contribution is 0.262. The van der Waals surface area contributed by atoms with E-state index in [0.29, 0.717) is 32.5 Å². The SMILES string of the molecule is O=C(Nc1ccc(Cl)c(Cl)c1)Nc1ccc2[nH]c(=O)[nH]c2c1. The van der Waals surface area contributed by atoms with Gasteiger partial charge in [0.15, 0.2) is 0 Å². The summed E-state index contributed by atoms with van der Waals surface area (Å²) in [7, 11) is 0. The molecule has 0 unspecified atom stereocenters. The van der Waals surface area contributed by atoms with E-state index in [9.17, 15) is 9.59 Å². The molecule has 2 aromatic carbocycles. The molecule has 6 nitrogen and oxygen atoms in total. The van der Waals surface area contributed by atoms with E-state index in [1.165, 1.54) is 0 Å². The molecule has 22 heavy (non-hydrogen) atoms. The molecular weight excluding hydrogens is 327 g/mol. The first-order valence-corrected chi connectivity index (χ1v) is 7.02. The fraction of sp³-hybridized carbons (Fsp3) is 0. The summed E-state index contributed by atoms with van der Waals surface area (Å²) in [6.07, 6.45) is 0. The average molecular weight is 337 g/mol. The molecule has 0 aliphatic heterocycles. The highest BCUT2D eigenvalue weighted by molar-refractivity contribution is 6.42. The molecule has 1 heterocycles. The van der Waals surface area contributed by atoms with Crippen LogP contribution in [-0.2, 0) is 0 Å². The van der Waals surface area contributed by atoms with Crippen LogP contribution in [0.15, 0.2) is 41.2 Å². The van der Waals surface area contributed by atoms with Crippen molar-refractivity contribution in [1.29, 1.82) is 0 Å². The number of hydrogen-bond acceptors (Lipinski definition) is 2. The molecule has 2 amide bonds. The van der Waals surface area contributed by atoms with Gasteiger partial charge < -0.3 is 20.6 Å². The molecule has 0 saturated heterocycles. The van der Waals surface area contributed by atoms with Gasteiger partial charge in [-0.25, -0.2) is 9.59 Å². The van der Waals surface area contributed by atoms with Gasteiger partial charge in [0.25, 0.3) is 0 Å². The van der Waals surface area contributed by atoms with E-state index in [0.717, 1.165) is 0 Å². The molecule has 0 fully saturated rings. The van der Waals surface area contributed by atoms with Gasteiger partial charge >= 0.3 is 11.7 Å². The van der Waals surface area contributed by atoms with Gasteiger partial charge in [0, 0.05) is 11.4 Å². The van der Waals surface area contributed by atoms with Crippen LogP contribution < -0.4 is 16.3 Å². The third-order valence-corrected chi connectivity index (χ3v) is 3.69. The van der Waals surface area contributed by atoms with Crippen molar-refractivity contribution in [2.75, 3.05) is 10.6 Å². The number of aromatic nitrogens is 2. The fourth-order valence-corrected chi connectivity index (χ4v) is 2.28. The lowest BCUT2D eigenvalue weighted by Gasteiger charge is -2.08. The second-order valence-corrected chi connectivity index (χ2v) is 5.36. The van der Waals surface area contributed by atoms with E-state index in [2.05, 4.69) is 20.6 Å². The van der Waals surface area contributed by atoms with Gasteiger partial charge in [-0.3, -0.25) is 0 Å². The third kappa shape index (κ3) is 3.08. The quantitative estimate of drug-likeness (QED) is 0.573. The summed E-state index contributed by atoms with van der Waals surface area (Å²) in [4.78, 5) is 28.4. The van der Waals surface area contributed by atoms with Crippen molar-refractivity contribution < 1.29 is 4.79 Å². The summed E-state index contributed by atoms with van der Waals surface area (Å²) < 4.78 is 0. The maximum absolute atomic E-state index is 11.9. The maximum Gasteiger partial charge on any atom is 0.323 e. The zero-order chi connectivity index (χ0) is 15.7. The van der Waals surface area contributed by atoms with Crippen molar-refractivity contribution in [1.82, 2.24) is 9.97 Å². The molecule has 3 rings (SSSR count). The maximum atomic E-state index is 11.9. The Hall–Kier alpha value is -2.44. The second kappa shape index (κ2) is 5.75. The van der Waals surface area contributed by atoms with Crippen LogP contribution >= 0.6 is 23.2 Å². The Labute approximate surface area is 134 Å². The molecule has 3 aromatic rings. The van der Waals surface area contributed by atoms with Crippen molar-refractivity contribution in [2.24, 2.45) is 0 Å². The van der Waals surface area contributed by atoms with Gasteiger partial charge in [0.1, 0.15) is 0 Å². The number of halogens is 2. The predicted molar refractivity (Wildman–Crippen MR) is 88.0 cm³/mol. The minimum atomic E-state index is -0.435. The van der Waals surface area contributed by atoms with Crippen LogP contribution in [-0.4, -0.2) is 16.0 Å². The number of rotatable bonds is 2. The molecule has 0 atom stereocenters. The lowest BCUT2D eigenvalue weighted by atomic mass is 10.3. The standard InChI is InChI=1S/C14H10Cl2N4O2/c15-9-3-1-7(5-10(9)16)17-13(21)18-8-2-4-11-12(6-8)20-14(22)19-11/h1-6H,(H2,17,18,21)(H2,19,20,22). The Bertz CT molecular complexity index is 917. The van der Waals surface area contributed by atoms with Crippen molar-refractivity contribution in [3.8, 4) is 0 Å². The zero-order valence-electron chi connectivity index (χ0n) is 11.0. The van der Waals surface area contributed by atoms with E-state index >= 15 is 0 Å². The Morgan fingerprint density at radius 3 is 2.23 bits per heavy atom. The van der Waals surface area contributed by atoms with Gasteiger partial charge in [-0.05, 0) is 36.4 Å². The second-order valence-electron chi connectivity index (χ2n) is 4.55. The number of urea groups is 1. The number of carbonyl (C=O) groups excluding carboxylic acids is 1. The van der Waals surface area contributed by atoms with Crippen LogP contribution in [0, 0.1) is 0 Å². The molecule has 0 spiro atoms. The Morgan fingerprint density at radius 2 is 1.50 bits per heavy atom. The number of hydrogen-bond donors (Lipinski definition) is 4. The first-order valence-electron chi connectivity index (χ1n) is 6.26. The van der Waals surface area contributed by atoms with E-state index in [1.54, 1.807) is 36.4 Å². The van der Waals surface area contributed by atoms with E-state index in [1.807, 2.05) is 0 Å². The van der Waals surface area contributed by atoms with Gasteiger partial charge in [-0.1, -0.05) is 23.2 Å². The predicted octanol–water partition coefficient (Wildman–Crippen LogP) is 3.81. The molecule has 0 aliphatic rings. The molecule has 8 heteroatoms. The third-order valence-electron chi connectivity index (χ3n) is 2.95. The lowest BCUT2D eigenvalue weighted by Crippen LogP contribution is -2.19. The molecule has 0 radical (unpaired) electrons. The first-order chi connectivity index (χ1) is 10.5. The summed E-state index contributed by atoms with van der Waals surface area (Å²) in [5.41, 5.74) is 2.04. The summed E-state index contributed by atoms with van der Waals surface area (Å²) in [5, 5.41) is 6.07. The average Bonchev–Trinajstić information content (AvgIpc) is 2.82. The first kappa shape index (κ1) is 14.5. The highest BCUT2D eigenvalue weighted by atomic mass is 35.5. The summed E-state index contributed by atoms with van der Waals surface area (Å²) in [6.45, 7) is 0. The van der Waals surface area contributed by atoms with Crippen LogP contribution in [0.4, 0.5) is 16.2 Å². The minimum absolute atomic E-state index is 0.299. The van der Waals surface area contributed by atoms with Gasteiger partial charge in [0.05, 0.1) is 21.1 Å². The highest BCUT2D eigenvalue weighted by Gasteiger charge is 2.06. The molecule has 112 valence electrons. The van der Waals surface area contributed by atoms with Crippen molar-refractivity contribution >= 4 is 51.6 Å². The van der Waals surface area contributed by atoms with Gasteiger partial charge in [-0.2, -0.15) is 0 Å². The van der Waals surface area contributed by atoms with Crippen LogP contribution in [0.25, 0.3) is 11.0 Å². The normalized spacial score (nSPS) is 10.6. The number of fused-ring (bicyclic) bond motifs is 1. The number of H-pyrrole nitrogens is 2. The largest absolute Gasteiger partial charge is 0.323 e. The number of imidazole rings is 1. The fourth-order valence-electron chi connectivity index (χ4n) is 1.98. The number of nitrogens with one attached hydrogen (secondary N) is 4. The summed E-state index contributed by atoms with van der Waals surface area (Å²) in [5.74, 6) is 0. The highest BCUT2D eigenvalue weighted by Crippen LogP contribution is 2.25. The summed E-state index contributed by atoms with van der Waals surface area (Å²) in [6, 6.07) is 9.38. The van der Waals surface area contributed by atoms with Gasteiger partial charge in [0.2, 0.25) is 0 Å². The molecular formula is C14H10Cl2N4O2. The molecule has 0 bridgehead atoms. The Kier molecular flexibility index (Phi) is 3.79. The van der Waals surface area contributed by atoms with Crippen molar-refractivity contribution in [3.05, 3.63) is 56.9 Å². The number of benzene rings is 2. The number of aromatic amines is 2. The van der Waals surface area contributed by atoms with E-state index < -0.39 is 6.03 Å². The Morgan fingerprint density at radius 1 is 0.864 bits per heavy atom. The van der Waals surface area contributed by atoms with Crippen LogP contribution in [0.3, 0.4) is 0 Å². The number of carbonyl (C=O) groups is 1. The van der Waals surface area contributed by atoms with Crippen LogP contribution in [0.5, 0.6) is 0 Å². The van der Waals surface area contributed by atoms with Gasteiger partial charge in [-0.15, -0.1) is 0 Å². The molecule has 4 N–H and O–H groups in total. The van der Waals surface area contributed by atoms with E-state index in [-0.39, 0.29) is 5.69 Å². The van der Waals surface area contributed by atoms with Crippen LogP contribution in [0.2, 0.25) is 10.0 Å². The topological polar surface area (TPSA) is 89.8 Å². The number of amides is 2.